The molecular weight excluding hydrogens is 376 g/mol. The van der Waals surface area contributed by atoms with Gasteiger partial charge in [0.2, 0.25) is 0 Å². The summed E-state index contributed by atoms with van der Waals surface area (Å²) >= 11 is 0. The number of Topliss-reactive ketones (excluding diaryl/α,β-unsaturated/α-hetero) is 1. The van der Waals surface area contributed by atoms with Crippen LogP contribution >= 0.6 is 0 Å². The lowest BCUT2D eigenvalue weighted by atomic mass is 9.79. The molecular formula is C25H32N2O3. The van der Waals surface area contributed by atoms with Gasteiger partial charge in [0.1, 0.15) is 18.1 Å². The van der Waals surface area contributed by atoms with E-state index in [9.17, 15) is 4.79 Å². The zero-order chi connectivity index (χ0) is 21.6. The summed E-state index contributed by atoms with van der Waals surface area (Å²) in [7, 11) is 1.69. The van der Waals surface area contributed by atoms with Crippen molar-refractivity contribution < 1.29 is 14.3 Å². The Morgan fingerprint density at radius 1 is 0.900 bits per heavy atom. The van der Waals surface area contributed by atoms with E-state index in [1.54, 1.807) is 7.11 Å². The van der Waals surface area contributed by atoms with Crippen molar-refractivity contribution >= 4 is 17.2 Å². The minimum absolute atomic E-state index is 0.197. The summed E-state index contributed by atoms with van der Waals surface area (Å²) in [5.74, 6) is 1.86. The molecule has 1 fully saturated rings. The van der Waals surface area contributed by atoms with Gasteiger partial charge in [0.25, 0.3) is 0 Å². The minimum atomic E-state index is -0.482. The van der Waals surface area contributed by atoms with Crippen LogP contribution in [0.1, 0.15) is 40.9 Å². The Balaban J connectivity index is 1.62. The van der Waals surface area contributed by atoms with E-state index in [4.69, 9.17) is 9.47 Å². The van der Waals surface area contributed by atoms with Crippen molar-refractivity contribution in [2.75, 3.05) is 49.7 Å². The summed E-state index contributed by atoms with van der Waals surface area (Å²) in [6, 6.07) is 8.25. The average Bonchev–Trinajstić information content (AvgIpc) is 2.75. The summed E-state index contributed by atoms with van der Waals surface area (Å²) in [5, 5.41) is 0. The zero-order valence-electron chi connectivity index (χ0n) is 19.0. The molecule has 5 heteroatoms. The molecule has 0 saturated carbocycles. The number of piperazine rings is 1. The van der Waals surface area contributed by atoms with Gasteiger partial charge in [0, 0.05) is 37.6 Å². The highest BCUT2D eigenvalue weighted by molar-refractivity contribution is 6.06. The molecule has 0 aromatic heterocycles. The molecule has 2 aliphatic rings. The molecule has 0 bridgehead atoms. The number of nitrogens with zero attached hydrogens (tertiary/aromatic N) is 2. The topological polar surface area (TPSA) is 42.0 Å². The fraction of sp³-hybridized carbons (Fsp3) is 0.480. The van der Waals surface area contributed by atoms with Gasteiger partial charge in [-0.3, -0.25) is 4.79 Å². The second-order valence-electron chi connectivity index (χ2n) is 9.10. The Kier molecular flexibility index (Phi) is 5.16. The van der Waals surface area contributed by atoms with Gasteiger partial charge in [0.15, 0.2) is 5.78 Å². The maximum absolute atomic E-state index is 13.2. The highest BCUT2D eigenvalue weighted by Gasteiger charge is 2.39. The van der Waals surface area contributed by atoms with Crippen LogP contribution < -0.4 is 19.3 Å². The lowest BCUT2D eigenvalue weighted by Gasteiger charge is -2.40. The SMILES string of the molecule is COc1ccc(N2CCN(c3c(C)c(C)c4c(c3C)C(=O)C(C)(C)CO4)CC2)cc1. The Morgan fingerprint density at radius 2 is 1.50 bits per heavy atom. The van der Waals surface area contributed by atoms with E-state index in [1.807, 2.05) is 26.0 Å². The van der Waals surface area contributed by atoms with Crippen LogP contribution in [0.5, 0.6) is 11.5 Å². The van der Waals surface area contributed by atoms with Crippen molar-refractivity contribution in [3.8, 4) is 11.5 Å². The maximum atomic E-state index is 13.2. The average molecular weight is 409 g/mol. The van der Waals surface area contributed by atoms with Crippen molar-refractivity contribution in [1.29, 1.82) is 0 Å². The van der Waals surface area contributed by atoms with Crippen molar-refractivity contribution in [2.24, 2.45) is 5.41 Å². The molecule has 30 heavy (non-hydrogen) atoms. The summed E-state index contributed by atoms with van der Waals surface area (Å²) in [6.07, 6.45) is 0. The molecule has 1 saturated heterocycles. The van der Waals surface area contributed by atoms with Gasteiger partial charge in [-0.1, -0.05) is 0 Å². The first-order valence-electron chi connectivity index (χ1n) is 10.7. The molecule has 0 aliphatic carbocycles. The molecule has 0 atom stereocenters. The molecule has 0 unspecified atom stereocenters. The molecule has 2 aliphatic heterocycles. The minimum Gasteiger partial charge on any atom is -0.497 e. The van der Waals surface area contributed by atoms with Crippen LogP contribution in [0, 0.1) is 26.2 Å². The summed E-state index contributed by atoms with van der Waals surface area (Å²) < 4.78 is 11.4. The lowest BCUT2D eigenvalue weighted by Crippen LogP contribution is -2.47. The molecule has 4 rings (SSSR count). The van der Waals surface area contributed by atoms with Gasteiger partial charge in [-0.2, -0.15) is 0 Å². The number of hydrogen-bond donors (Lipinski definition) is 0. The predicted octanol–water partition coefficient (Wildman–Crippen LogP) is 4.55. The third kappa shape index (κ3) is 3.30. The van der Waals surface area contributed by atoms with Gasteiger partial charge in [0.05, 0.1) is 18.1 Å². The second-order valence-corrected chi connectivity index (χ2v) is 9.10. The first-order chi connectivity index (χ1) is 14.2. The van der Waals surface area contributed by atoms with Crippen LogP contribution in [0.25, 0.3) is 0 Å². The van der Waals surface area contributed by atoms with Crippen LogP contribution in [0.4, 0.5) is 11.4 Å². The molecule has 0 amide bonds. The Bertz CT molecular complexity index is 971. The number of fused-ring (bicyclic) bond motifs is 1. The number of hydrogen-bond acceptors (Lipinski definition) is 5. The van der Waals surface area contributed by atoms with E-state index < -0.39 is 5.41 Å². The molecule has 2 aromatic rings. The monoisotopic (exact) mass is 408 g/mol. The van der Waals surface area contributed by atoms with Gasteiger partial charge in [-0.15, -0.1) is 0 Å². The number of methoxy groups -OCH3 is 1. The van der Waals surface area contributed by atoms with E-state index in [0.29, 0.717) is 6.61 Å². The molecule has 5 nitrogen and oxygen atoms in total. The molecule has 0 spiro atoms. The summed E-state index contributed by atoms with van der Waals surface area (Å²) in [6.45, 7) is 14.4. The predicted molar refractivity (Wildman–Crippen MR) is 122 cm³/mol. The van der Waals surface area contributed by atoms with E-state index in [-0.39, 0.29) is 5.78 Å². The quantitative estimate of drug-likeness (QED) is 0.745. The third-order valence-electron chi connectivity index (χ3n) is 6.67. The van der Waals surface area contributed by atoms with E-state index in [1.165, 1.54) is 16.9 Å². The number of ether oxygens (including phenoxy) is 2. The Morgan fingerprint density at radius 3 is 2.10 bits per heavy atom. The van der Waals surface area contributed by atoms with Crippen LogP contribution in [-0.2, 0) is 0 Å². The van der Waals surface area contributed by atoms with Crippen molar-refractivity contribution in [3.63, 3.8) is 0 Å². The zero-order valence-corrected chi connectivity index (χ0v) is 19.0. The van der Waals surface area contributed by atoms with E-state index in [0.717, 1.165) is 54.4 Å². The van der Waals surface area contributed by atoms with Crippen LogP contribution in [0.15, 0.2) is 24.3 Å². The molecule has 0 radical (unpaired) electrons. The van der Waals surface area contributed by atoms with Crippen LogP contribution in [0.3, 0.4) is 0 Å². The highest BCUT2D eigenvalue weighted by Crippen LogP contribution is 2.44. The normalized spacial score (nSPS) is 18.1. The van der Waals surface area contributed by atoms with E-state index in [2.05, 4.69) is 42.7 Å². The number of ketones is 1. The second kappa shape index (κ2) is 7.53. The smallest absolute Gasteiger partial charge is 0.175 e. The first kappa shape index (κ1) is 20.6. The van der Waals surface area contributed by atoms with E-state index >= 15 is 0 Å². The molecule has 2 heterocycles. The number of benzene rings is 2. The molecule has 0 N–H and O–H groups in total. The Hall–Kier alpha value is -2.69. The maximum Gasteiger partial charge on any atom is 0.175 e. The molecule has 160 valence electrons. The summed E-state index contributed by atoms with van der Waals surface area (Å²) in [5.41, 5.74) is 6.09. The van der Waals surface area contributed by atoms with Crippen molar-refractivity contribution in [1.82, 2.24) is 0 Å². The third-order valence-corrected chi connectivity index (χ3v) is 6.67. The van der Waals surface area contributed by atoms with Crippen molar-refractivity contribution in [2.45, 2.75) is 34.6 Å². The Labute approximate surface area is 179 Å². The van der Waals surface area contributed by atoms with Gasteiger partial charge in [-0.05, 0) is 75.6 Å². The standard InChI is InChI=1S/C25H32N2O3/c1-16-17(2)23-21(24(28)25(4,5)15-30-23)18(3)22(16)27-13-11-26(12-14-27)19-7-9-20(29-6)10-8-19/h7-10H,11-15H2,1-6H3. The highest BCUT2D eigenvalue weighted by atomic mass is 16.5. The first-order valence-corrected chi connectivity index (χ1v) is 10.7. The number of anilines is 2. The lowest BCUT2D eigenvalue weighted by molar-refractivity contribution is 0.0689. The largest absolute Gasteiger partial charge is 0.497 e. The van der Waals surface area contributed by atoms with Crippen molar-refractivity contribution in [3.05, 3.63) is 46.5 Å². The molecule has 2 aromatic carbocycles. The number of rotatable bonds is 3. The fourth-order valence-corrected chi connectivity index (χ4v) is 4.67. The van der Waals surface area contributed by atoms with Gasteiger partial charge in [-0.25, -0.2) is 0 Å². The number of carbonyl (C=O) groups is 1. The number of carbonyl (C=O) groups excluding carboxylic acids is 1. The van der Waals surface area contributed by atoms with Crippen LogP contribution in [-0.4, -0.2) is 45.7 Å². The van der Waals surface area contributed by atoms with Gasteiger partial charge >= 0.3 is 0 Å². The van der Waals surface area contributed by atoms with Crippen LogP contribution in [0.2, 0.25) is 0 Å². The summed E-state index contributed by atoms with van der Waals surface area (Å²) in [4.78, 5) is 18.1. The fourth-order valence-electron chi connectivity index (χ4n) is 4.67. The van der Waals surface area contributed by atoms with Gasteiger partial charge < -0.3 is 19.3 Å².